The third kappa shape index (κ3) is 1.35. The fourth-order valence-electron chi connectivity index (χ4n) is 2.43. The van der Waals surface area contributed by atoms with Crippen LogP contribution in [0.25, 0.3) is 0 Å². The second kappa shape index (κ2) is 3.91. The van der Waals surface area contributed by atoms with Gasteiger partial charge in [0.15, 0.2) is 11.5 Å². The van der Waals surface area contributed by atoms with Gasteiger partial charge in [0.1, 0.15) is 0 Å². The Morgan fingerprint density at radius 2 is 2.00 bits per heavy atom. The van der Waals surface area contributed by atoms with Crippen molar-refractivity contribution in [2.24, 2.45) is 0 Å². The molecule has 0 atom stereocenters. The van der Waals surface area contributed by atoms with Gasteiger partial charge in [-0.3, -0.25) is 4.79 Å². The summed E-state index contributed by atoms with van der Waals surface area (Å²) >= 11 is 0. The van der Waals surface area contributed by atoms with Crippen molar-refractivity contribution >= 4 is 5.78 Å². The highest BCUT2D eigenvalue weighted by atomic mass is 16.5. The van der Waals surface area contributed by atoms with Crippen LogP contribution in [0.4, 0.5) is 0 Å². The highest BCUT2D eigenvalue weighted by Crippen LogP contribution is 2.37. The molecule has 3 rings (SSSR count). The molecule has 0 N–H and O–H groups in total. The first-order chi connectivity index (χ1) is 8.76. The number of hydrogen-bond acceptors (Lipinski definition) is 3. The standard InChI is InChI=1S/C14H13NO3/c1-17-12-6-5-9-10(14(12)18-2)8-15-7-3-4-11(15)13(9)16/h3-7H,8H2,1-2H3. The van der Waals surface area contributed by atoms with E-state index in [0.717, 1.165) is 11.3 Å². The molecule has 0 bridgehead atoms. The van der Waals surface area contributed by atoms with Gasteiger partial charge >= 0.3 is 0 Å². The highest BCUT2D eigenvalue weighted by Gasteiger charge is 2.27. The van der Waals surface area contributed by atoms with Crippen LogP contribution in [-0.2, 0) is 6.54 Å². The monoisotopic (exact) mass is 243 g/mol. The number of carbonyl (C=O) groups excluding carboxylic acids is 1. The molecular formula is C14H13NO3. The maximum absolute atomic E-state index is 12.3. The molecule has 0 saturated heterocycles. The van der Waals surface area contributed by atoms with E-state index < -0.39 is 0 Å². The summed E-state index contributed by atoms with van der Waals surface area (Å²) < 4.78 is 12.6. The minimum Gasteiger partial charge on any atom is -0.493 e. The van der Waals surface area contributed by atoms with E-state index in [0.29, 0.717) is 23.6 Å². The zero-order valence-corrected chi connectivity index (χ0v) is 10.3. The van der Waals surface area contributed by atoms with Crippen LogP contribution >= 0.6 is 0 Å². The van der Waals surface area contributed by atoms with Gasteiger partial charge in [-0.1, -0.05) is 0 Å². The van der Waals surface area contributed by atoms with E-state index in [-0.39, 0.29) is 5.78 Å². The Morgan fingerprint density at radius 3 is 2.72 bits per heavy atom. The zero-order chi connectivity index (χ0) is 12.7. The molecule has 1 aliphatic rings. The van der Waals surface area contributed by atoms with Crippen LogP contribution in [0.5, 0.6) is 11.5 Å². The van der Waals surface area contributed by atoms with Gasteiger partial charge in [-0.15, -0.1) is 0 Å². The topological polar surface area (TPSA) is 40.5 Å². The molecule has 4 heteroatoms. The number of methoxy groups -OCH3 is 2. The van der Waals surface area contributed by atoms with Gasteiger partial charge < -0.3 is 14.0 Å². The Kier molecular flexibility index (Phi) is 2.37. The Bertz CT molecular complexity index is 628. The molecule has 0 spiro atoms. The van der Waals surface area contributed by atoms with Gasteiger partial charge in [0.2, 0.25) is 5.78 Å². The van der Waals surface area contributed by atoms with Crippen molar-refractivity contribution in [3.05, 3.63) is 47.3 Å². The van der Waals surface area contributed by atoms with Gasteiger partial charge in [-0.25, -0.2) is 0 Å². The van der Waals surface area contributed by atoms with E-state index in [4.69, 9.17) is 9.47 Å². The van der Waals surface area contributed by atoms with E-state index in [1.54, 1.807) is 26.4 Å². The van der Waals surface area contributed by atoms with Crippen LogP contribution in [-0.4, -0.2) is 24.6 Å². The van der Waals surface area contributed by atoms with Crippen LogP contribution < -0.4 is 9.47 Å². The summed E-state index contributed by atoms with van der Waals surface area (Å²) in [5, 5.41) is 0. The largest absolute Gasteiger partial charge is 0.493 e. The average Bonchev–Trinajstić information content (AvgIpc) is 2.86. The lowest BCUT2D eigenvalue weighted by Crippen LogP contribution is -2.20. The van der Waals surface area contributed by atoms with Crippen molar-refractivity contribution in [1.82, 2.24) is 4.57 Å². The van der Waals surface area contributed by atoms with Crippen LogP contribution in [0.3, 0.4) is 0 Å². The number of ketones is 1. The molecule has 0 amide bonds. The molecule has 2 heterocycles. The van der Waals surface area contributed by atoms with Crippen LogP contribution in [0.15, 0.2) is 30.5 Å². The summed E-state index contributed by atoms with van der Waals surface area (Å²) in [5.41, 5.74) is 2.29. The molecule has 1 aliphatic heterocycles. The summed E-state index contributed by atoms with van der Waals surface area (Å²) in [5.74, 6) is 1.32. The number of benzene rings is 1. The van der Waals surface area contributed by atoms with E-state index in [2.05, 4.69) is 0 Å². The maximum Gasteiger partial charge on any atom is 0.209 e. The minimum absolute atomic E-state index is 0.0298. The zero-order valence-electron chi connectivity index (χ0n) is 10.3. The van der Waals surface area contributed by atoms with Crippen LogP contribution in [0.2, 0.25) is 0 Å². The Morgan fingerprint density at radius 1 is 1.17 bits per heavy atom. The first-order valence-electron chi connectivity index (χ1n) is 5.70. The lowest BCUT2D eigenvalue weighted by atomic mass is 9.97. The number of carbonyl (C=O) groups is 1. The lowest BCUT2D eigenvalue weighted by Gasteiger charge is -2.22. The van der Waals surface area contributed by atoms with Crippen molar-refractivity contribution in [3.63, 3.8) is 0 Å². The SMILES string of the molecule is COc1ccc2c(c1OC)Cn1cccc1C2=O. The molecule has 2 aromatic rings. The van der Waals surface area contributed by atoms with E-state index >= 15 is 0 Å². The number of nitrogens with zero attached hydrogens (tertiary/aromatic N) is 1. The molecule has 1 aromatic heterocycles. The first-order valence-corrected chi connectivity index (χ1v) is 5.70. The summed E-state index contributed by atoms with van der Waals surface area (Å²) in [4.78, 5) is 12.3. The van der Waals surface area contributed by atoms with Crippen LogP contribution in [0.1, 0.15) is 21.6 Å². The Hall–Kier alpha value is -2.23. The summed E-state index contributed by atoms with van der Waals surface area (Å²) in [6.07, 6.45) is 1.90. The third-order valence-corrected chi connectivity index (χ3v) is 3.28. The van der Waals surface area contributed by atoms with Gasteiger partial charge in [-0.2, -0.15) is 0 Å². The van der Waals surface area contributed by atoms with Crippen molar-refractivity contribution in [2.45, 2.75) is 6.54 Å². The summed E-state index contributed by atoms with van der Waals surface area (Å²) in [7, 11) is 3.18. The van der Waals surface area contributed by atoms with Gasteiger partial charge in [0.25, 0.3) is 0 Å². The van der Waals surface area contributed by atoms with Gasteiger partial charge in [-0.05, 0) is 24.3 Å². The predicted octanol–water partition coefficient (Wildman–Crippen LogP) is 2.10. The number of fused-ring (bicyclic) bond motifs is 2. The fourth-order valence-corrected chi connectivity index (χ4v) is 2.43. The summed E-state index contributed by atoms with van der Waals surface area (Å²) in [6, 6.07) is 7.29. The first kappa shape index (κ1) is 10.9. The number of aromatic nitrogens is 1. The third-order valence-electron chi connectivity index (χ3n) is 3.28. The molecule has 0 fully saturated rings. The maximum atomic E-state index is 12.3. The van der Waals surface area contributed by atoms with Crippen molar-refractivity contribution in [2.75, 3.05) is 14.2 Å². The molecule has 4 nitrogen and oxygen atoms in total. The molecule has 0 unspecified atom stereocenters. The predicted molar refractivity (Wildman–Crippen MR) is 66.5 cm³/mol. The van der Waals surface area contributed by atoms with E-state index in [1.807, 2.05) is 22.9 Å². The second-order valence-electron chi connectivity index (χ2n) is 4.18. The van der Waals surface area contributed by atoms with Gasteiger partial charge in [0.05, 0.1) is 26.5 Å². The van der Waals surface area contributed by atoms with E-state index in [9.17, 15) is 4.79 Å². The molecule has 92 valence electrons. The van der Waals surface area contributed by atoms with Crippen molar-refractivity contribution < 1.29 is 14.3 Å². The Balaban J connectivity index is 2.23. The fraction of sp³-hybridized carbons (Fsp3) is 0.214. The number of rotatable bonds is 2. The average molecular weight is 243 g/mol. The summed E-state index contributed by atoms with van der Waals surface area (Å²) in [6.45, 7) is 0.629. The van der Waals surface area contributed by atoms with Gasteiger partial charge in [0, 0.05) is 17.3 Å². The molecule has 18 heavy (non-hydrogen) atoms. The molecule has 0 radical (unpaired) electrons. The van der Waals surface area contributed by atoms with Crippen molar-refractivity contribution in [3.8, 4) is 11.5 Å². The molecule has 0 saturated carbocycles. The molecular weight excluding hydrogens is 230 g/mol. The second-order valence-corrected chi connectivity index (χ2v) is 4.18. The lowest BCUT2D eigenvalue weighted by molar-refractivity contribution is 0.102. The minimum atomic E-state index is 0.0298. The number of ether oxygens (including phenoxy) is 2. The highest BCUT2D eigenvalue weighted by molar-refractivity contribution is 6.10. The van der Waals surface area contributed by atoms with Crippen LogP contribution in [0, 0.1) is 0 Å². The normalized spacial score (nSPS) is 12.9. The van der Waals surface area contributed by atoms with Crippen molar-refractivity contribution in [1.29, 1.82) is 0 Å². The quantitative estimate of drug-likeness (QED) is 0.692. The Labute approximate surface area is 105 Å². The van der Waals surface area contributed by atoms with E-state index in [1.165, 1.54) is 0 Å². The smallest absolute Gasteiger partial charge is 0.209 e. The molecule has 1 aromatic carbocycles. The number of hydrogen-bond donors (Lipinski definition) is 0. The molecule has 0 aliphatic carbocycles.